The summed E-state index contributed by atoms with van der Waals surface area (Å²) < 4.78 is 0. The van der Waals surface area contributed by atoms with Crippen molar-refractivity contribution in [2.24, 2.45) is 5.41 Å². The predicted molar refractivity (Wildman–Crippen MR) is 106 cm³/mol. The van der Waals surface area contributed by atoms with Crippen molar-refractivity contribution in [1.29, 1.82) is 0 Å². The van der Waals surface area contributed by atoms with E-state index in [0.717, 1.165) is 6.42 Å². The van der Waals surface area contributed by atoms with Crippen LogP contribution in [0.1, 0.15) is 31.4 Å². The molecule has 120 valence electrons. The Kier molecular flexibility index (Phi) is 4.96. The van der Waals surface area contributed by atoms with Crippen LogP contribution in [-0.2, 0) is 0 Å². The van der Waals surface area contributed by atoms with E-state index in [-0.39, 0.29) is 5.41 Å². The molecular weight excluding hydrogens is 288 g/mol. The number of rotatable bonds is 4. The van der Waals surface area contributed by atoms with Crippen LogP contribution < -0.4 is 0 Å². The molecule has 1 unspecified atom stereocenters. The highest BCUT2D eigenvalue weighted by Crippen LogP contribution is 2.45. The lowest BCUT2D eigenvalue weighted by molar-refractivity contribution is 0.537. The standard InChI is InChI=1S/C24H24/c1-20-12-9-10-19-24(20,2)23(22-16-7-4-8-17-22)18-11-15-21-13-5-3-6-14-21/h3-18H,19H2,1-2H3. The van der Waals surface area contributed by atoms with Crippen LogP contribution in [0.15, 0.2) is 96.6 Å². The van der Waals surface area contributed by atoms with E-state index in [1.54, 1.807) is 0 Å². The van der Waals surface area contributed by atoms with Gasteiger partial charge in [-0.1, -0.05) is 110 Å². The van der Waals surface area contributed by atoms with Gasteiger partial charge in [0.25, 0.3) is 0 Å². The zero-order chi connectivity index (χ0) is 16.8. The number of allylic oxidation sites excluding steroid dienone is 7. The van der Waals surface area contributed by atoms with Crippen LogP contribution in [0.5, 0.6) is 0 Å². The van der Waals surface area contributed by atoms with Gasteiger partial charge in [0.05, 0.1) is 0 Å². The van der Waals surface area contributed by atoms with Gasteiger partial charge in [-0.25, -0.2) is 0 Å². The summed E-state index contributed by atoms with van der Waals surface area (Å²) in [7, 11) is 0. The Bertz CT molecular complexity index is 788. The second-order valence-electron chi connectivity index (χ2n) is 6.53. The molecular formula is C24H24. The summed E-state index contributed by atoms with van der Waals surface area (Å²) in [6.45, 7) is 4.58. The van der Waals surface area contributed by atoms with Gasteiger partial charge in [-0.3, -0.25) is 0 Å². The SMILES string of the molecule is CC1=CC=CCC1(C)C(=CC=Cc1ccccc1)c1ccccc1. The molecule has 0 aromatic heterocycles. The fourth-order valence-corrected chi connectivity index (χ4v) is 3.22. The summed E-state index contributed by atoms with van der Waals surface area (Å²) in [5, 5.41) is 0. The molecule has 0 nitrogen and oxygen atoms in total. The lowest BCUT2D eigenvalue weighted by atomic mass is 9.69. The molecule has 1 atom stereocenters. The predicted octanol–water partition coefficient (Wildman–Crippen LogP) is 6.70. The second-order valence-corrected chi connectivity index (χ2v) is 6.53. The highest BCUT2D eigenvalue weighted by Gasteiger charge is 2.31. The Labute approximate surface area is 145 Å². The van der Waals surface area contributed by atoms with Crippen LogP contribution in [-0.4, -0.2) is 0 Å². The molecule has 0 aliphatic heterocycles. The minimum atomic E-state index is 0.0388. The minimum absolute atomic E-state index is 0.0388. The normalized spacial score (nSPS) is 21.1. The van der Waals surface area contributed by atoms with Crippen molar-refractivity contribution in [3.05, 3.63) is 108 Å². The topological polar surface area (TPSA) is 0 Å². The molecule has 0 saturated carbocycles. The molecule has 0 N–H and O–H groups in total. The molecule has 0 fully saturated rings. The van der Waals surface area contributed by atoms with Crippen LogP contribution in [0.4, 0.5) is 0 Å². The van der Waals surface area contributed by atoms with Gasteiger partial charge >= 0.3 is 0 Å². The zero-order valence-corrected chi connectivity index (χ0v) is 14.4. The Morgan fingerprint density at radius 2 is 1.62 bits per heavy atom. The molecule has 1 aliphatic carbocycles. The highest BCUT2D eigenvalue weighted by molar-refractivity contribution is 5.76. The molecule has 0 heteroatoms. The summed E-state index contributed by atoms with van der Waals surface area (Å²) in [5.74, 6) is 0. The fourth-order valence-electron chi connectivity index (χ4n) is 3.22. The molecule has 0 spiro atoms. The Morgan fingerprint density at radius 1 is 0.958 bits per heavy atom. The lowest BCUT2D eigenvalue weighted by Crippen LogP contribution is -2.21. The monoisotopic (exact) mass is 312 g/mol. The third-order valence-corrected chi connectivity index (χ3v) is 4.91. The summed E-state index contributed by atoms with van der Waals surface area (Å²) >= 11 is 0. The molecule has 0 saturated heterocycles. The Morgan fingerprint density at radius 3 is 2.29 bits per heavy atom. The minimum Gasteiger partial charge on any atom is -0.0833 e. The molecule has 1 aliphatic rings. The summed E-state index contributed by atoms with van der Waals surface area (Å²) in [5.41, 5.74) is 5.33. The quantitative estimate of drug-likeness (QED) is 0.551. The van der Waals surface area contributed by atoms with E-state index in [1.807, 2.05) is 6.07 Å². The average Bonchev–Trinajstić information content (AvgIpc) is 2.63. The summed E-state index contributed by atoms with van der Waals surface area (Å²) in [6.07, 6.45) is 14.3. The van der Waals surface area contributed by atoms with E-state index in [1.165, 1.54) is 22.3 Å². The van der Waals surface area contributed by atoms with Crippen molar-refractivity contribution in [2.45, 2.75) is 20.3 Å². The number of hydrogen-bond donors (Lipinski definition) is 0. The molecule has 0 radical (unpaired) electrons. The fraction of sp³-hybridized carbons (Fsp3) is 0.167. The molecule has 2 aromatic rings. The van der Waals surface area contributed by atoms with E-state index in [0.29, 0.717) is 0 Å². The third kappa shape index (κ3) is 3.49. The maximum absolute atomic E-state index is 2.34. The molecule has 0 bridgehead atoms. The van der Waals surface area contributed by atoms with Crippen molar-refractivity contribution >= 4 is 11.6 Å². The smallest absolute Gasteiger partial charge is 0.0174 e. The van der Waals surface area contributed by atoms with Gasteiger partial charge in [-0.15, -0.1) is 0 Å². The highest BCUT2D eigenvalue weighted by atomic mass is 14.3. The number of benzene rings is 2. The van der Waals surface area contributed by atoms with Gasteiger partial charge in [0.1, 0.15) is 0 Å². The van der Waals surface area contributed by atoms with Crippen LogP contribution >= 0.6 is 0 Å². The van der Waals surface area contributed by atoms with Crippen molar-refractivity contribution in [2.75, 3.05) is 0 Å². The summed E-state index contributed by atoms with van der Waals surface area (Å²) in [4.78, 5) is 0. The van der Waals surface area contributed by atoms with Crippen LogP contribution in [0.2, 0.25) is 0 Å². The van der Waals surface area contributed by atoms with Gasteiger partial charge in [0.2, 0.25) is 0 Å². The molecule has 2 aromatic carbocycles. The molecule has 0 heterocycles. The summed E-state index contributed by atoms with van der Waals surface area (Å²) in [6, 6.07) is 21.2. The maximum Gasteiger partial charge on any atom is 0.0174 e. The largest absolute Gasteiger partial charge is 0.0833 e. The third-order valence-electron chi connectivity index (χ3n) is 4.91. The Balaban J connectivity index is 2.00. The van der Waals surface area contributed by atoms with Crippen LogP contribution in [0, 0.1) is 5.41 Å². The van der Waals surface area contributed by atoms with E-state index in [2.05, 4.69) is 105 Å². The first kappa shape index (κ1) is 16.3. The van der Waals surface area contributed by atoms with Gasteiger partial charge in [0, 0.05) is 5.41 Å². The van der Waals surface area contributed by atoms with Crippen molar-refractivity contribution in [3.8, 4) is 0 Å². The van der Waals surface area contributed by atoms with Crippen LogP contribution in [0.25, 0.3) is 11.6 Å². The lowest BCUT2D eigenvalue weighted by Gasteiger charge is -2.35. The average molecular weight is 312 g/mol. The number of hydrogen-bond acceptors (Lipinski definition) is 0. The van der Waals surface area contributed by atoms with Crippen molar-refractivity contribution in [3.63, 3.8) is 0 Å². The van der Waals surface area contributed by atoms with Gasteiger partial charge < -0.3 is 0 Å². The first-order chi connectivity index (χ1) is 11.7. The van der Waals surface area contributed by atoms with E-state index >= 15 is 0 Å². The van der Waals surface area contributed by atoms with Gasteiger partial charge in [-0.05, 0) is 30.0 Å². The second kappa shape index (κ2) is 7.31. The first-order valence-electron chi connectivity index (χ1n) is 8.53. The van der Waals surface area contributed by atoms with E-state index in [9.17, 15) is 0 Å². The molecule has 3 rings (SSSR count). The Hall–Kier alpha value is -2.60. The van der Waals surface area contributed by atoms with Gasteiger partial charge in [-0.2, -0.15) is 0 Å². The van der Waals surface area contributed by atoms with Crippen molar-refractivity contribution < 1.29 is 0 Å². The van der Waals surface area contributed by atoms with E-state index in [4.69, 9.17) is 0 Å². The molecule has 0 amide bonds. The van der Waals surface area contributed by atoms with E-state index < -0.39 is 0 Å². The van der Waals surface area contributed by atoms with Crippen LogP contribution in [0.3, 0.4) is 0 Å². The molecule has 24 heavy (non-hydrogen) atoms. The first-order valence-corrected chi connectivity index (χ1v) is 8.53. The van der Waals surface area contributed by atoms with Crippen molar-refractivity contribution in [1.82, 2.24) is 0 Å². The zero-order valence-electron chi connectivity index (χ0n) is 14.4. The maximum atomic E-state index is 2.34. The van der Waals surface area contributed by atoms with Gasteiger partial charge in [0.15, 0.2) is 0 Å².